The van der Waals surface area contributed by atoms with Crippen LogP contribution in [0.4, 0.5) is 14.4 Å². The van der Waals surface area contributed by atoms with Crippen molar-refractivity contribution in [1.29, 1.82) is 0 Å². The molecule has 0 aliphatic heterocycles. The number of benzene rings is 1. The van der Waals surface area contributed by atoms with Gasteiger partial charge in [-0.2, -0.15) is 0 Å². The maximum absolute atomic E-state index is 13.1. The van der Waals surface area contributed by atoms with Crippen molar-refractivity contribution in [2.24, 2.45) is 0 Å². The van der Waals surface area contributed by atoms with E-state index in [9.17, 15) is 24.0 Å². The quantitative estimate of drug-likeness (QED) is 0.0684. The summed E-state index contributed by atoms with van der Waals surface area (Å²) in [6, 6.07) is 8.01. The Bertz CT molecular complexity index is 1170. The molecule has 4 N–H and O–H groups in total. The Morgan fingerprint density at radius 3 is 2.21 bits per heavy atom. The zero-order valence-corrected chi connectivity index (χ0v) is 30.6. The third-order valence-corrected chi connectivity index (χ3v) is 8.98. The Morgan fingerprint density at radius 1 is 0.936 bits per heavy atom. The van der Waals surface area contributed by atoms with Crippen molar-refractivity contribution in [3.05, 3.63) is 47.5 Å². The van der Waals surface area contributed by atoms with Gasteiger partial charge in [0.15, 0.2) is 0 Å². The molecule has 4 amide bonds. The second-order valence-electron chi connectivity index (χ2n) is 12.9. The molecule has 1 aromatic carbocycles. The fraction of sp³-hybridized carbons (Fsp3) is 0.594. The van der Waals surface area contributed by atoms with Gasteiger partial charge in [-0.05, 0) is 57.0 Å². The topological polar surface area (TPSA) is 170 Å². The number of rotatable bonds is 18. The van der Waals surface area contributed by atoms with Crippen LogP contribution in [0.2, 0.25) is 25.7 Å². The van der Waals surface area contributed by atoms with Crippen molar-refractivity contribution in [3.63, 3.8) is 0 Å². The number of hydrogen-bond donors (Lipinski definition) is 4. The molecule has 0 saturated carbocycles. The molecule has 0 bridgehead atoms. The van der Waals surface area contributed by atoms with Crippen LogP contribution < -0.4 is 21.3 Å². The zero-order chi connectivity index (χ0) is 35.5. The smallest absolute Gasteiger partial charge is 0.408 e. The van der Waals surface area contributed by atoms with Gasteiger partial charge >= 0.3 is 24.2 Å². The van der Waals surface area contributed by atoms with Gasteiger partial charge in [0.05, 0.1) is 13.7 Å². The molecule has 13 nitrogen and oxygen atoms in total. The maximum Gasteiger partial charge on any atom is 0.408 e. The summed E-state index contributed by atoms with van der Waals surface area (Å²) in [4.78, 5) is 62.2. The lowest BCUT2D eigenvalue weighted by Crippen LogP contribution is -2.47. The van der Waals surface area contributed by atoms with Gasteiger partial charge in [0.2, 0.25) is 5.91 Å². The van der Waals surface area contributed by atoms with Gasteiger partial charge in [0.1, 0.15) is 24.3 Å². The first-order chi connectivity index (χ1) is 22.0. The molecule has 0 aromatic heterocycles. The summed E-state index contributed by atoms with van der Waals surface area (Å²) >= 11 is 1.18. The van der Waals surface area contributed by atoms with E-state index >= 15 is 0 Å². The molecule has 1 rings (SSSR count). The monoisotopic (exact) mass is 696 g/mol. The summed E-state index contributed by atoms with van der Waals surface area (Å²) in [5, 5.41) is 11.6. The van der Waals surface area contributed by atoms with E-state index in [-0.39, 0.29) is 19.6 Å². The number of carbonyl (C=O) groups excluding carboxylic acids is 5. The van der Waals surface area contributed by atoms with Gasteiger partial charge in [-0.25, -0.2) is 19.2 Å². The van der Waals surface area contributed by atoms with E-state index in [1.54, 1.807) is 33.1 Å². The number of methoxy groups -OCH3 is 1. The third-order valence-electron chi connectivity index (χ3n) is 6.28. The van der Waals surface area contributed by atoms with Crippen LogP contribution in [0.15, 0.2) is 41.9 Å². The lowest BCUT2D eigenvalue weighted by Gasteiger charge is -2.22. The average molecular weight is 697 g/mol. The van der Waals surface area contributed by atoms with Gasteiger partial charge < -0.3 is 40.2 Å². The summed E-state index contributed by atoms with van der Waals surface area (Å²) in [6.07, 6.45) is 0.703. The number of esters is 1. The van der Waals surface area contributed by atoms with E-state index in [4.69, 9.17) is 18.9 Å². The highest BCUT2D eigenvalue weighted by Gasteiger charge is 2.29. The molecule has 264 valence electrons. The summed E-state index contributed by atoms with van der Waals surface area (Å²) in [6.45, 7) is 14.2. The van der Waals surface area contributed by atoms with Gasteiger partial charge in [0, 0.05) is 26.1 Å². The van der Waals surface area contributed by atoms with Crippen LogP contribution in [0.5, 0.6) is 0 Å². The van der Waals surface area contributed by atoms with Crippen LogP contribution in [0, 0.1) is 0 Å². The SMILES string of the molecule is COC(=O)[C@H](NC(=O)OCC[Si](C)(C)C)[C@H](C)S/C=C\NC(=O)[C@H](CCCCNC(=O)OC(C)(C)C)NC(=O)OCc1ccccc1. The van der Waals surface area contributed by atoms with Gasteiger partial charge in [-0.1, -0.05) is 56.9 Å². The Hall–Kier alpha value is -3.72. The van der Waals surface area contributed by atoms with E-state index in [0.29, 0.717) is 19.4 Å². The molecule has 1 aromatic rings. The summed E-state index contributed by atoms with van der Waals surface area (Å²) in [7, 11) is -0.170. The van der Waals surface area contributed by atoms with Crippen molar-refractivity contribution < 1.29 is 42.9 Å². The molecule has 3 atom stereocenters. The first-order valence-electron chi connectivity index (χ1n) is 15.6. The number of carbonyl (C=O) groups is 5. The van der Waals surface area contributed by atoms with E-state index in [0.717, 1.165) is 11.6 Å². The lowest BCUT2D eigenvalue weighted by molar-refractivity contribution is -0.142. The summed E-state index contributed by atoms with van der Waals surface area (Å²) in [5.74, 6) is -1.12. The Balaban J connectivity index is 2.73. The van der Waals surface area contributed by atoms with Crippen LogP contribution in [-0.4, -0.2) is 81.4 Å². The van der Waals surface area contributed by atoms with Gasteiger partial charge in [-0.15, -0.1) is 11.8 Å². The van der Waals surface area contributed by atoms with Crippen LogP contribution >= 0.6 is 11.8 Å². The number of nitrogens with one attached hydrogen (secondary N) is 4. The van der Waals surface area contributed by atoms with E-state index in [2.05, 4.69) is 40.9 Å². The molecular weight excluding hydrogens is 645 g/mol. The highest BCUT2D eigenvalue weighted by Crippen LogP contribution is 2.17. The standard InChI is InChI=1S/C32H52N4O9SSi/c1-23(26(28(38)42-5)36-31(41)43-19-21-47(6,7)8)46-20-18-33-27(37)25(16-12-13-17-34-29(39)45-32(2,3)4)35-30(40)44-22-24-14-10-9-11-15-24/h9-11,14-15,18,20,23,25-26H,12-13,16-17,19,21-22H2,1-8H3,(H,33,37)(H,34,39)(H,35,40)(H,36,41)/b20-18-/t23-,25-,26+/m0/s1. The second kappa shape index (κ2) is 21.2. The molecule has 0 spiro atoms. The number of thioether (sulfide) groups is 1. The van der Waals surface area contributed by atoms with Crippen LogP contribution in [-0.2, 0) is 35.1 Å². The minimum absolute atomic E-state index is 0.0382. The van der Waals surface area contributed by atoms with E-state index in [1.807, 2.05) is 30.3 Å². The summed E-state index contributed by atoms with van der Waals surface area (Å²) in [5.41, 5.74) is 0.182. The molecule has 15 heteroatoms. The molecule has 0 unspecified atom stereocenters. The van der Waals surface area contributed by atoms with E-state index in [1.165, 1.54) is 25.1 Å². The predicted octanol–water partition coefficient (Wildman–Crippen LogP) is 5.29. The first kappa shape index (κ1) is 41.3. The minimum Gasteiger partial charge on any atom is -0.467 e. The second-order valence-corrected chi connectivity index (χ2v) is 19.8. The highest BCUT2D eigenvalue weighted by molar-refractivity contribution is 8.02. The summed E-state index contributed by atoms with van der Waals surface area (Å²) < 4.78 is 20.6. The van der Waals surface area contributed by atoms with Crippen LogP contribution in [0.3, 0.4) is 0 Å². The third kappa shape index (κ3) is 20.2. The largest absolute Gasteiger partial charge is 0.467 e. The van der Waals surface area contributed by atoms with Crippen LogP contribution in [0.1, 0.15) is 52.5 Å². The zero-order valence-electron chi connectivity index (χ0n) is 28.8. The number of unbranched alkanes of at least 4 members (excludes halogenated alkanes) is 1. The Morgan fingerprint density at radius 2 is 1.60 bits per heavy atom. The molecule has 47 heavy (non-hydrogen) atoms. The molecule has 0 saturated heterocycles. The molecule has 0 aliphatic carbocycles. The van der Waals surface area contributed by atoms with Crippen molar-refractivity contribution >= 4 is 50.0 Å². The lowest BCUT2D eigenvalue weighted by atomic mass is 10.1. The molecule has 0 radical (unpaired) electrons. The fourth-order valence-electron chi connectivity index (χ4n) is 3.73. The van der Waals surface area contributed by atoms with Crippen molar-refractivity contribution in [2.75, 3.05) is 20.3 Å². The number of hydrogen-bond acceptors (Lipinski definition) is 10. The van der Waals surface area contributed by atoms with Gasteiger partial charge in [-0.3, -0.25) is 4.79 Å². The van der Waals surface area contributed by atoms with Crippen molar-refractivity contribution in [2.45, 2.75) is 102 Å². The van der Waals surface area contributed by atoms with Crippen molar-refractivity contribution in [3.8, 4) is 0 Å². The Labute approximate surface area is 283 Å². The fourth-order valence-corrected chi connectivity index (χ4v) is 5.17. The Kier molecular flexibility index (Phi) is 18.6. The van der Waals surface area contributed by atoms with Crippen molar-refractivity contribution in [1.82, 2.24) is 21.3 Å². The molecule has 0 heterocycles. The molecule has 0 fully saturated rings. The van der Waals surface area contributed by atoms with E-state index < -0.39 is 61.2 Å². The van der Waals surface area contributed by atoms with Crippen LogP contribution in [0.25, 0.3) is 0 Å². The maximum atomic E-state index is 13.1. The first-order valence-corrected chi connectivity index (χ1v) is 20.2. The number of alkyl carbamates (subject to hydrolysis) is 3. The highest BCUT2D eigenvalue weighted by atomic mass is 32.2. The normalized spacial score (nSPS) is 13.4. The van der Waals surface area contributed by atoms with Gasteiger partial charge in [0.25, 0.3) is 0 Å². The molecular formula is C32H52N4O9SSi. The average Bonchev–Trinajstić information content (AvgIpc) is 2.98. The number of amides is 4. The predicted molar refractivity (Wildman–Crippen MR) is 184 cm³/mol. The molecule has 0 aliphatic rings. The number of ether oxygens (including phenoxy) is 4. The minimum atomic E-state index is -1.40.